The van der Waals surface area contributed by atoms with Crippen LogP contribution in [0.3, 0.4) is 0 Å². The minimum atomic E-state index is 0.763. The van der Waals surface area contributed by atoms with Gasteiger partial charge in [-0.25, -0.2) is 0 Å². The van der Waals surface area contributed by atoms with Crippen molar-refractivity contribution in [3.8, 4) is 21.9 Å². The molecule has 102 valence electrons. The Bertz CT molecular complexity index is 759. The molecule has 0 saturated carbocycles. The van der Waals surface area contributed by atoms with Gasteiger partial charge in [-0.2, -0.15) is 0 Å². The third-order valence-electron chi connectivity index (χ3n) is 3.34. The lowest BCUT2D eigenvalue weighted by atomic mass is 10.1. The normalized spacial score (nSPS) is 10.8. The van der Waals surface area contributed by atoms with E-state index in [0.29, 0.717) is 0 Å². The highest BCUT2D eigenvalue weighted by atomic mass is 32.1. The molecule has 2 aromatic carbocycles. The number of ether oxygens (including phenoxy) is 2. The number of hydrogen-bond acceptors (Lipinski definition) is 3. The van der Waals surface area contributed by atoms with Gasteiger partial charge >= 0.3 is 0 Å². The molecule has 0 saturated heterocycles. The molecular formula is C17H16O2S. The number of hydrogen-bond donors (Lipinski definition) is 0. The predicted molar refractivity (Wildman–Crippen MR) is 85.1 cm³/mol. The molecule has 0 aliphatic rings. The summed E-state index contributed by atoms with van der Waals surface area (Å²) in [4.78, 5) is 1.20. The van der Waals surface area contributed by atoms with E-state index in [2.05, 4.69) is 37.3 Å². The first-order valence-corrected chi connectivity index (χ1v) is 7.26. The fourth-order valence-corrected chi connectivity index (χ4v) is 3.54. The van der Waals surface area contributed by atoms with Crippen molar-refractivity contribution in [3.05, 3.63) is 48.0 Å². The van der Waals surface area contributed by atoms with Crippen LogP contribution in [0.4, 0.5) is 0 Å². The molecular weight excluding hydrogens is 268 g/mol. The summed E-state index contributed by atoms with van der Waals surface area (Å²) in [7, 11) is 3.34. The fourth-order valence-electron chi connectivity index (χ4n) is 2.35. The second kappa shape index (κ2) is 5.17. The smallest absolute Gasteiger partial charge is 0.169 e. The first kappa shape index (κ1) is 13.0. The molecule has 0 aliphatic heterocycles. The minimum Gasteiger partial charge on any atom is -0.493 e. The third-order valence-corrected chi connectivity index (χ3v) is 4.48. The predicted octanol–water partition coefficient (Wildman–Crippen LogP) is 4.89. The van der Waals surface area contributed by atoms with Crippen LogP contribution in [-0.4, -0.2) is 14.2 Å². The molecule has 0 fully saturated rings. The summed E-state index contributed by atoms with van der Waals surface area (Å²) in [5.74, 6) is 1.55. The topological polar surface area (TPSA) is 18.5 Å². The lowest BCUT2D eigenvalue weighted by Gasteiger charge is -2.11. The number of para-hydroxylation sites is 1. The van der Waals surface area contributed by atoms with Crippen LogP contribution in [-0.2, 0) is 0 Å². The van der Waals surface area contributed by atoms with Gasteiger partial charge in [0.15, 0.2) is 11.5 Å². The van der Waals surface area contributed by atoms with Crippen LogP contribution in [0.2, 0.25) is 0 Å². The number of rotatable bonds is 3. The molecule has 3 heteroatoms. The maximum atomic E-state index is 5.52. The number of methoxy groups -OCH3 is 2. The van der Waals surface area contributed by atoms with Crippen LogP contribution in [0.5, 0.6) is 11.5 Å². The van der Waals surface area contributed by atoms with E-state index >= 15 is 0 Å². The molecule has 20 heavy (non-hydrogen) atoms. The van der Waals surface area contributed by atoms with Gasteiger partial charge in [-0.3, -0.25) is 0 Å². The number of fused-ring (bicyclic) bond motifs is 1. The van der Waals surface area contributed by atoms with Crippen molar-refractivity contribution in [2.24, 2.45) is 0 Å². The fraction of sp³-hybridized carbons (Fsp3) is 0.176. The maximum absolute atomic E-state index is 5.52. The van der Waals surface area contributed by atoms with Crippen molar-refractivity contribution in [3.63, 3.8) is 0 Å². The Balaban J connectivity index is 2.20. The number of aryl methyl sites for hydroxylation is 1. The Morgan fingerprint density at radius 2 is 1.80 bits per heavy atom. The first-order chi connectivity index (χ1) is 9.72. The minimum absolute atomic E-state index is 0.763. The van der Waals surface area contributed by atoms with Crippen LogP contribution in [0, 0.1) is 6.92 Å². The lowest BCUT2D eigenvalue weighted by Crippen LogP contribution is -1.92. The van der Waals surface area contributed by atoms with Gasteiger partial charge in [0.1, 0.15) is 0 Å². The Morgan fingerprint density at radius 1 is 0.950 bits per heavy atom. The second-order valence-electron chi connectivity index (χ2n) is 4.69. The Kier molecular flexibility index (Phi) is 3.36. The van der Waals surface area contributed by atoms with Crippen molar-refractivity contribution in [1.29, 1.82) is 0 Å². The van der Waals surface area contributed by atoms with E-state index in [-0.39, 0.29) is 0 Å². The SMILES string of the molecule is COc1cccc(-c2cc3ccc(C)cc3s2)c1OC. The summed E-state index contributed by atoms with van der Waals surface area (Å²) in [6.07, 6.45) is 0. The van der Waals surface area contributed by atoms with E-state index in [1.165, 1.54) is 20.5 Å². The molecule has 1 aromatic heterocycles. The highest BCUT2D eigenvalue weighted by Gasteiger charge is 2.13. The van der Waals surface area contributed by atoms with Crippen molar-refractivity contribution in [2.75, 3.05) is 14.2 Å². The van der Waals surface area contributed by atoms with Gasteiger partial charge in [-0.15, -0.1) is 11.3 Å². The van der Waals surface area contributed by atoms with Crippen LogP contribution < -0.4 is 9.47 Å². The van der Waals surface area contributed by atoms with E-state index < -0.39 is 0 Å². The monoisotopic (exact) mass is 284 g/mol. The average Bonchev–Trinajstić information content (AvgIpc) is 2.88. The van der Waals surface area contributed by atoms with Crippen LogP contribution >= 0.6 is 11.3 Å². The van der Waals surface area contributed by atoms with Crippen molar-refractivity contribution < 1.29 is 9.47 Å². The molecule has 0 spiro atoms. The Morgan fingerprint density at radius 3 is 2.55 bits per heavy atom. The average molecular weight is 284 g/mol. The summed E-state index contributed by atoms with van der Waals surface area (Å²) in [6, 6.07) is 14.7. The van der Waals surface area contributed by atoms with Gasteiger partial charge in [0.2, 0.25) is 0 Å². The van der Waals surface area contributed by atoms with E-state index in [0.717, 1.165) is 17.1 Å². The van der Waals surface area contributed by atoms with E-state index in [9.17, 15) is 0 Å². The first-order valence-electron chi connectivity index (χ1n) is 6.44. The van der Waals surface area contributed by atoms with Gasteiger partial charge in [0.05, 0.1) is 14.2 Å². The highest BCUT2D eigenvalue weighted by molar-refractivity contribution is 7.22. The quantitative estimate of drug-likeness (QED) is 0.681. The Labute approximate surface area is 122 Å². The van der Waals surface area contributed by atoms with Crippen LogP contribution in [0.15, 0.2) is 42.5 Å². The van der Waals surface area contributed by atoms with Crippen LogP contribution in [0.25, 0.3) is 20.5 Å². The summed E-state index contributed by atoms with van der Waals surface area (Å²) in [6.45, 7) is 2.12. The van der Waals surface area contributed by atoms with Crippen LogP contribution in [0.1, 0.15) is 5.56 Å². The van der Waals surface area contributed by atoms with E-state index in [4.69, 9.17) is 9.47 Å². The van der Waals surface area contributed by atoms with Gasteiger partial charge in [0, 0.05) is 15.1 Å². The summed E-state index contributed by atoms with van der Waals surface area (Å²) in [5.41, 5.74) is 2.36. The molecule has 2 nitrogen and oxygen atoms in total. The zero-order chi connectivity index (χ0) is 14.1. The van der Waals surface area contributed by atoms with E-state index in [1.807, 2.05) is 12.1 Å². The van der Waals surface area contributed by atoms with Gasteiger partial charge in [0.25, 0.3) is 0 Å². The van der Waals surface area contributed by atoms with Gasteiger partial charge in [-0.05, 0) is 42.1 Å². The summed E-state index contributed by atoms with van der Waals surface area (Å²) < 4.78 is 12.2. The largest absolute Gasteiger partial charge is 0.493 e. The van der Waals surface area contributed by atoms with Crippen molar-refractivity contribution in [1.82, 2.24) is 0 Å². The molecule has 0 unspecified atom stereocenters. The molecule has 3 aromatic rings. The third kappa shape index (κ3) is 2.14. The molecule has 0 atom stereocenters. The summed E-state index contributed by atoms with van der Waals surface area (Å²) in [5, 5.41) is 1.26. The molecule has 1 heterocycles. The number of benzene rings is 2. The Hall–Kier alpha value is -2.00. The van der Waals surface area contributed by atoms with E-state index in [1.54, 1.807) is 25.6 Å². The zero-order valence-electron chi connectivity index (χ0n) is 11.8. The lowest BCUT2D eigenvalue weighted by molar-refractivity contribution is 0.356. The standard InChI is InChI=1S/C17H16O2S/c1-11-7-8-12-10-16(20-15(12)9-11)13-5-4-6-14(18-2)17(13)19-3/h4-10H,1-3H3. The molecule has 0 bridgehead atoms. The molecule has 0 radical (unpaired) electrons. The van der Waals surface area contributed by atoms with Crippen molar-refractivity contribution >= 4 is 21.4 Å². The second-order valence-corrected chi connectivity index (χ2v) is 5.78. The molecule has 0 amide bonds. The van der Waals surface area contributed by atoms with Gasteiger partial charge < -0.3 is 9.47 Å². The summed E-state index contributed by atoms with van der Waals surface area (Å²) >= 11 is 1.78. The molecule has 0 N–H and O–H groups in total. The maximum Gasteiger partial charge on any atom is 0.169 e. The number of thiophene rings is 1. The van der Waals surface area contributed by atoms with Crippen molar-refractivity contribution in [2.45, 2.75) is 6.92 Å². The zero-order valence-corrected chi connectivity index (χ0v) is 12.6. The molecule has 0 aliphatic carbocycles. The van der Waals surface area contributed by atoms with Gasteiger partial charge in [-0.1, -0.05) is 18.2 Å². The molecule has 3 rings (SSSR count). The highest BCUT2D eigenvalue weighted by Crippen LogP contribution is 2.42.